The van der Waals surface area contributed by atoms with Gasteiger partial charge in [-0.25, -0.2) is 4.98 Å². The summed E-state index contributed by atoms with van der Waals surface area (Å²) in [5.74, 6) is 2.43. The first kappa shape index (κ1) is 26.2. The maximum atomic E-state index is 13.9. The molecule has 0 atom stereocenters. The fourth-order valence-corrected chi connectivity index (χ4v) is 5.59. The van der Waals surface area contributed by atoms with Gasteiger partial charge in [-0.2, -0.15) is 0 Å². The first-order valence-corrected chi connectivity index (χ1v) is 13.5. The monoisotopic (exact) mass is 539 g/mol. The van der Waals surface area contributed by atoms with Crippen LogP contribution < -0.4 is 19.1 Å². The Morgan fingerprint density at radius 2 is 1.63 bits per heavy atom. The quantitative estimate of drug-likeness (QED) is 0.362. The number of carbonyl (C=O) groups is 1. The number of aromatic nitrogens is 1. The van der Waals surface area contributed by atoms with Crippen molar-refractivity contribution in [3.05, 3.63) is 53.1 Å². The minimum atomic E-state index is -0.158. The third-order valence-electron chi connectivity index (χ3n) is 7.47. The fourth-order valence-electron chi connectivity index (χ4n) is 5.40. The van der Waals surface area contributed by atoms with Crippen LogP contribution in [0.5, 0.6) is 17.2 Å². The van der Waals surface area contributed by atoms with Crippen molar-refractivity contribution in [2.75, 3.05) is 52.4 Å². The summed E-state index contributed by atoms with van der Waals surface area (Å²) in [5, 5.41) is 0.702. The van der Waals surface area contributed by atoms with E-state index in [2.05, 4.69) is 4.90 Å². The predicted octanol–water partition coefficient (Wildman–Crippen LogP) is 6.03. The SMILES string of the molecule is COc1cc(-c2nc(C3CCCCC3)oc2C(=O)N2CCN(c3cccc(Cl)c3)CC2)cc(OC)c1OC. The van der Waals surface area contributed by atoms with Gasteiger partial charge in [-0.3, -0.25) is 4.79 Å². The molecule has 2 aromatic carbocycles. The standard InChI is InChI=1S/C29H34ClN3O5/c1-35-23-16-20(17-24(36-2)26(23)37-3)25-27(38-28(31-25)19-8-5-4-6-9-19)29(34)33-14-12-32(13-15-33)22-11-7-10-21(30)18-22/h7,10-11,16-19H,4-6,8-9,12-15H2,1-3H3. The summed E-state index contributed by atoms with van der Waals surface area (Å²) in [5.41, 5.74) is 2.25. The molecule has 2 aliphatic rings. The van der Waals surface area contributed by atoms with Crippen LogP contribution in [-0.2, 0) is 0 Å². The van der Waals surface area contributed by atoms with E-state index in [0.29, 0.717) is 65.6 Å². The zero-order chi connectivity index (χ0) is 26.6. The Labute approximate surface area is 228 Å². The molecule has 202 valence electrons. The molecule has 3 aromatic rings. The number of piperazine rings is 1. The van der Waals surface area contributed by atoms with Gasteiger partial charge in [0.25, 0.3) is 5.91 Å². The van der Waals surface area contributed by atoms with E-state index >= 15 is 0 Å². The van der Waals surface area contributed by atoms with Crippen LogP contribution >= 0.6 is 11.6 Å². The summed E-state index contributed by atoms with van der Waals surface area (Å²) in [6.07, 6.45) is 5.53. The van der Waals surface area contributed by atoms with Gasteiger partial charge in [-0.15, -0.1) is 0 Å². The van der Waals surface area contributed by atoms with Crippen molar-refractivity contribution in [3.63, 3.8) is 0 Å². The lowest BCUT2D eigenvalue weighted by Crippen LogP contribution is -2.48. The third kappa shape index (κ3) is 5.27. The van der Waals surface area contributed by atoms with Gasteiger partial charge in [0.2, 0.25) is 11.5 Å². The van der Waals surface area contributed by atoms with Crippen LogP contribution in [0.4, 0.5) is 5.69 Å². The van der Waals surface area contributed by atoms with E-state index in [9.17, 15) is 4.79 Å². The number of carbonyl (C=O) groups excluding carboxylic acids is 1. The lowest BCUT2D eigenvalue weighted by Gasteiger charge is -2.35. The van der Waals surface area contributed by atoms with Crippen molar-refractivity contribution < 1.29 is 23.4 Å². The molecule has 38 heavy (non-hydrogen) atoms. The molecule has 0 N–H and O–H groups in total. The Morgan fingerprint density at radius 1 is 0.947 bits per heavy atom. The first-order chi connectivity index (χ1) is 18.5. The maximum Gasteiger partial charge on any atom is 0.292 e. The highest BCUT2D eigenvalue weighted by molar-refractivity contribution is 6.30. The zero-order valence-corrected chi connectivity index (χ0v) is 22.9. The van der Waals surface area contributed by atoms with E-state index in [1.165, 1.54) is 6.42 Å². The van der Waals surface area contributed by atoms with Crippen LogP contribution in [0.25, 0.3) is 11.3 Å². The highest BCUT2D eigenvalue weighted by Crippen LogP contribution is 2.43. The van der Waals surface area contributed by atoms with Crippen molar-refractivity contribution in [2.45, 2.75) is 38.0 Å². The number of methoxy groups -OCH3 is 3. The molecule has 1 aromatic heterocycles. The van der Waals surface area contributed by atoms with Crippen molar-refractivity contribution in [2.24, 2.45) is 0 Å². The number of nitrogens with zero attached hydrogens (tertiary/aromatic N) is 3. The minimum absolute atomic E-state index is 0.158. The molecule has 2 heterocycles. The average molecular weight is 540 g/mol. The molecule has 0 radical (unpaired) electrons. The van der Waals surface area contributed by atoms with Crippen LogP contribution in [-0.4, -0.2) is 63.3 Å². The average Bonchev–Trinajstić information content (AvgIpc) is 3.42. The van der Waals surface area contributed by atoms with Gasteiger partial charge in [0, 0.05) is 48.4 Å². The summed E-state index contributed by atoms with van der Waals surface area (Å²) in [6, 6.07) is 11.4. The van der Waals surface area contributed by atoms with E-state index in [4.69, 9.17) is 35.2 Å². The second kappa shape index (κ2) is 11.6. The van der Waals surface area contributed by atoms with Crippen molar-refractivity contribution in [1.29, 1.82) is 0 Å². The molecule has 1 amide bonds. The Hall–Kier alpha value is -3.39. The van der Waals surface area contributed by atoms with E-state index in [0.717, 1.165) is 31.4 Å². The molecule has 2 fully saturated rings. The number of hydrogen-bond acceptors (Lipinski definition) is 7. The summed E-state index contributed by atoms with van der Waals surface area (Å²) in [6.45, 7) is 2.55. The Kier molecular flexibility index (Phi) is 7.98. The Balaban J connectivity index is 1.46. The van der Waals surface area contributed by atoms with Crippen molar-refractivity contribution >= 4 is 23.2 Å². The zero-order valence-electron chi connectivity index (χ0n) is 22.2. The summed E-state index contributed by atoms with van der Waals surface area (Å²) >= 11 is 6.19. The van der Waals surface area contributed by atoms with E-state index in [-0.39, 0.29) is 17.6 Å². The van der Waals surface area contributed by atoms with Gasteiger partial charge in [0.15, 0.2) is 17.4 Å². The van der Waals surface area contributed by atoms with Gasteiger partial charge < -0.3 is 28.4 Å². The maximum absolute atomic E-state index is 13.9. The number of anilines is 1. The predicted molar refractivity (Wildman–Crippen MR) is 147 cm³/mol. The topological polar surface area (TPSA) is 77.3 Å². The fraction of sp³-hybridized carbons (Fsp3) is 0.448. The van der Waals surface area contributed by atoms with Crippen LogP contribution in [0.15, 0.2) is 40.8 Å². The van der Waals surface area contributed by atoms with Crippen molar-refractivity contribution in [1.82, 2.24) is 9.88 Å². The number of amides is 1. The number of hydrogen-bond donors (Lipinski definition) is 0. The van der Waals surface area contributed by atoms with Gasteiger partial charge in [0.1, 0.15) is 5.69 Å². The molecule has 0 spiro atoms. The second-order valence-corrected chi connectivity index (χ2v) is 10.2. The number of oxazole rings is 1. The van der Waals surface area contributed by atoms with Crippen LogP contribution in [0.2, 0.25) is 5.02 Å². The second-order valence-electron chi connectivity index (χ2n) is 9.74. The number of rotatable bonds is 7. The van der Waals surface area contributed by atoms with Gasteiger partial charge in [-0.05, 0) is 43.2 Å². The van der Waals surface area contributed by atoms with E-state index < -0.39 is 0 Å². The van der Waals surface area contributed by atoms with Crippen LogP contribution in [0, 0.1) is 0 Å². The minimum Gasteiger partial charge on any atom is -0.493 e. The highest BCUT2D eigenvalue weighted by atomic mass is 35.5. The van der Waals surface area contributed by atoms with Crippen LogP contribution in [0.1, 0.15) is 54.5 Å². The Bertz CT molecular complexity index is 1250. The number of ether oxygens (including phenoxy) is 3. The molecule has 1 aliphatic carbocycles. The van der Waals surface area contributed by atoms with E-state index in [1.54, 1.807) is 21.3 Å². The third-order valence-corrected chi connectivity index (χ3v) is 7.71. The lowest BCUT2D eigenvalue weighted by molar-refractivity contribution is 0.0712. The first-order valence-electron chi connectivity index (χ1n) is 13.1. The Morgan fingerprint density at radius 3 is 2.24 bits per heavy atom. The molecule has 0 unspecified atom stereocenters. The molecule has 1 aliphatic heterocycles. The number of halogens is 1. The molecule has 0 bridgehead atoms. The summed E-state index contributed by atoms with van der Waals surface area (Å²) in [4.78, 5) is 22.9. The molecular formula is C29H34ClN3O5. The molecule has 5 rings (SSSR count). The summed E-state index contributed by atoms with van der Waals surface area (Å²) < 4.78 is 22.9. The molecule has 9 heteroatoms. The molecule has 1 saturated carbocycles. The van der Waals surface area contributed by atoms with Crippen LogP contribution in [0.3, 0.4) is 0 Å². The van der Waals surface area contributed by atoms with Gasteiger partial charge in [0.05, 0.1) is 21.3 Å². The summed E-state index contributed by atoms with van der Waals surface area (Å²) in [7, 11) is 4.71. The largest absolute Gasteiger partial charge is 0.493 e. The highest BCUT2D eigenvalue weighted by Gasteiger charge is 2.32. The molecular weight excluding hydrogens is 506 g/mol. The van der Waals surface area contributed by atoms with Gasteiger partial charge >= 0.3 is 0 Å². The van der Waals surface area contributed by atoms with E-state index in [1.807, 2.05) is 41.3 Å². The normalized spacial score (nSPS) is 16.4. The smallest absolute Gasteiger partial charge is 0.292 e. The van der Waals surface area contributed by atoms with Crippen molar-refractivity contribution in [3.8, 4) is 28.5 Å². The molecule has 1 saturated heterocycles. The lowest BCUT2D eigenvalue weighted by atomic mass is 9.89. The molecule has 8 nitrogen and oxygen atoms in total. The number of benzene rings is 2. The van der Waals surface area contributed by atoms with Gasteiger partial charge in [-0.1, -0.05) is 36.9 Å².